The second-order valence-corrected chi connectivity index (χ2v) is 6.59. The first-order chi connectivity index (χ1) is 9.76. The van der Waals surface area contributed by atoms with Crippen molar-refractivity contribution in [1.82, 2.24) is 9.80 Å². The van der Waals surface area contributed by atoms with Gasteiger partial charge < -0.3 is 10.6 Å². The number of nitrogens with two attached hydrogens (primary N) is 1. The highest BCUT2D eigenvalue weighted by atomic mass is 35.5. The molecule has 0 radical (unpaired) electrons. The molecule has 7 heteroatoms. The van der Waals surface area contributed by atoms with Gasteiger partial charge in [0, 0.05) is 38.3 Å². The van der Waals surface area contributed by atoms with Crippen molar-refractivity contribution < 1.29 is 9.18 Å². The number of hydrogen-bond donors (Lipinski definition) is 1. The summed E-state index contributed by atoms with van der Waals surface area (Å²) in [5.41, 5.74) is 6.12. The Morgan fingerprint density at radius 1 is 1.32 bits per heavy atom. The summed E-state index contributed by atoms with van der Waals surface area (Å²) in [5.74, 6) is -0.585. The number of rotatable bonds is 3. The van der Waals surface area contributed by atoms with Crippen molar-refractivity contribution in [2.24, 2.45) is 5.73 Å². The van der Waals surface area contributed by atoms with Gasteiger partial charge in [-0.3, -0.25) is 9.69 Å². The monoisotopic (exact) mass is 349 g/mol. The van der Waals surface area contributed by atoms with Crippen LogP contribution in [-0.4, -0.2) is 54.0 Å². The predicted molar refractivity (Wildman–Crippen MR) is 89.3 cm³/mol. The van der Waals surface area contributed by atoms with Gasteiger partial charge >= 0.3 is 0 Å². The van der Waals surface area contributed by atoms with Gasteiger partial charge in [0.25, 0.3) is 5.91 Å². The zero-order valence-corrected chi connectivity index (χ0v) is 14.4. The molecule has 1 saturated heterocycles. The van der Waals surface area contributed by atoms with E-state index < -0.39 is 5.82 Å². The first-order valence-electron chi connectivity index (χ1n) is 7.02. The van der Waals surface area contributed by atoms with Crippen LogP contribution in [-0.2, 0) is 0 Å². The van der Waals surface area contributed by atoms with E-state index in [1.165, 1.54) is 18.2 Å². The fourth-order valence-electron chi connectivity index (χ4n) is 2.52. The average Bonchev–Trinajstić information content (AvgIpc) is 2.37. The molecule has 1 heterocycles. The van der Waals surface area contributed by atoms with Crippen LogP contribution in [0.3, 0.4) is 0 Å². The standard InChI is InChI=1S/C15H21ClFN3O.ClH/c1-15(2,18)10-19-5-7-20(8-6-19)14(21)12-4-3-11(17)9-13(12)16;/h3-4,9H,5-8,10,18H2,1-2H3;1H. The summed E-state index contributed by atoms with van der Waals surface area (Å²) in [5, 5.41) is 0.158. The molecule has 1 amide bonds. The summed E-state index contributed by atoms with van der Waals surface area (Å²) >= 11 is 5.94. The van der Waals surface area contributed by atoms with E-state index in [0.29, 0.717) is 18.7 Å². The van der Waals surface area contributed by atoms with Crippen LogP contribution >= 0.6 is 24.0 Å². The Labute approximate surface area is 141 Å². The van der Waals surface area contributed by atoms with Crippen molar-refractivity contribution in [2.45, 2.75) is 19.4 Å². The van der Waals surface area contributed by atoms with Gasteiger partial charge in [-0.15, -0.1) is 12.4 Å². The molecule has 0 atom stereocenters. The van der Waals surface area contributed by atoms with E-state index in [4.69, 9.17) is 17.3 Å². The van der Waals surface area contributed by atoms with Crippen molar-refractivity contribution in [3.63, 3.8) is 0 Å². The lowest BCUT2D eigenvalue weighted by atomic mass is 10.1. The van der Waals surface area contributed by atoms with E-state index in [-0.39, 0.29) is 28.9 Å². The molecule has 1 aliphatic heterocycles. The topological polar surface area (TPSA) is 49.6 Å². The van der Waals surface area contributed by atoms with Gasteiger partial charge in [0.05, 0.1) is 10.6 Å². The van der Waals surface area contributed by atoms with Crippen LogP contribution in [0.1, 0.15) is 24.2 Å². The maximum atomic E-state index is 13.0. The summed E-state index contributed by atoms with van der Waals surface area (Å²) in [6, 6.07) is 3.86. The smallest absolute Gasteiger partial charge is 0.255 e. The first kappa shape index (κ1) is 19.2. The highest BCUT2D eigenvalue weighted by Gasteiger charge is 2.25. The van der Waals surface area contributed by atoms with Crippen molar-refractivity contribution in [3.05, 3.63) is 34.6 Å². The summed E-state index contributed by atoms with van der Waals surface area (Å²) in [6.45, 7) is 7.60. The van der Waals surface area contributed by atoms with Gasteiger partial charge in [0.2, 0.25) is 0 Å². The van der Waals surface area contributed by atoms with Gasteiger partial charge in [0.15, 0.2) is 0 Å². The molecule has 0 unspecified atom stereocenters. The van der Waals surface area contributed by atoms with E-state index in [1.54, 1.807) is 4.90 Å². The molecule has 0 spiro atoms. The Kier molecular flexibility index (Phi) is 6.62. The van der Waals surface area contributed by atoms with Gasteiger partial charge in [-0.05, 0) is 32.0 Å². The molecule has 2 rings (SSSR count). The molecule has 1 aromatic carbocycles. The molecular formula is C15H22Cl2FN3O. The Bertz CT molecular complexity index is 526. The number of hydrogen-bond acceptors (Lipinski definition) is 3. The lowest BCUT2D eigenvalue weighted by molar-refractivity contribution is 0.0616. The maximum Gasteiger partial charge on any atom is 0.255 e. The van der Waals surface area contributed by atoms with Crippen molar-refractivity contribution in [3.8, 4) is 0 Å². The van der Waals surface area contributed by atoms with Crippen LogP contribution in [0.4, 0.5) is 4.39 Å². The van der Waals surface area contributed by atoms with Crippen LogP contribution in [0.2, 0.25) is 5.02 Å². The first-order valence-corrected chi connectivity index (χ1v) is 7.40. The van der Waals surface area contributed by atoms with Crippen LogP contribution in [0.5, 0.6) is 0 Å². The molecule has 0 aliphatic carbocycles. The van der Waals surface area contributed by atoms with Crippen molar-refractivity contribution >= 4 is 29.9 Å². The molecule has 2 N–H and O–H groups in total. The third-order valence-electron chi connectivity index (χ3n) is 3.45. The number of nitrogens with zero attached hydrogens (tertiary/aromatic N) is 2. The number of amides is 1. The fourth-order valence-corrected chi connectivity index (χ4v) is 2.77. The minimum absolute atomic E-state index is 0. The second kappa shape index (κ2) is 7.59. The summed E-state index contributed by atoms with van der Waals surface area (Å²) in [7, 11) is 0. The summed E-state index contributed by atoms with van der Waals surface area (Å²) in [4.78, 5) is 16.4. The number of halogens is 3. The van der Waals surface area contributed by atoms with Gasteiger partial charge in [0.1, 0.15) is 5.82 Å². The fraction of sp³-hybridized carbons (Fsp3) is 0.533. The third-order valence-corrected chi connectivity index (χ3v) is 3.76. The summed E-state index contributed by atoms with van der Waals surface area (Å²) in [6.07, 6.45) is 0. The normalized spacial score (nSPS) is 16.3. The molecular weight excluding hydrogens is 328 g/mol. The van der Waals surface area contributed by atoms with E-state index in [9.17, 15) is 9.18 Å². The number of carbonyl (C=O) groups is 1. The van der Waals surface area contributed by atoms with E-state index in [0.717, 1.165) is 19.6 Å². The number of benzene rings is 1. The minimum Gasteiger partial charge on any atom is -0.336 e. The van der Waals surface area contributed by atoms with Gasteiger partial charge in [-0.25, -0.2) is 4.39 Å². The number of piperazine rings is 1. The minimum atomic E-state index is -0.438. The summed E-state index contributed by atoms with van der Waals surface area (Å²) < 4.78 is 13.0. The quantitative estimate of drug-likeness (QED) is 0.911. The van der Waals surface area contributed by atoms with E-state index >= 15 is 0 Å². The largest absolute Gasteiger partial charge is 0.336 e. The molecule has 0 saturated carbocycles. The molecule has 1 aromatic rings. The highest BCUT2D eigenvalue weighted by Crippen LogP contribution is 2.20. The zero-order valence-electron chi connectivity index (χ0n) is 12.8. The van der Waals surface area contributed by atoms with Crippen molar-refractivity contribution in [2.75, 3.05) is 32.7 Å². The van der Waals surface area contributed by atoms with Crippen LogP contribution in [0.25, 0.3) is 0 Å². The lowest BCUT2D eigenvalue weighted by Gasteiger charge is -2.37. The molecule has 1 aliphatic rings. The maximum absolute atomic E-state index is 13.0. The average molecular weight is 350 g/mol. The highest BCUT2D eigenvalue weighted by molar-refractivity contribution is 6.33. The van der Waals surface area contributed by atoms with E-state index in [2.05, 4.69) is 4.90 Å². The van der Waals surface area contributed by atoms with E-state index in [1.807, 2.05) is 13.8 Å². The van der Waals surface area contributed by atoms with Crippen molar-refractivity contribution in [1.29, 1.82) is 0 Å². The molecule has 1 fully saturated rings. The number of carbonyl (C=O) groups excluding carboxylic acids is 1. The predicted octanol–water partition coefficient (Wildman–Crippen LogP) is 2.40. The Morgan fingerprint density at radius 2 is 1.91 bits per heavy atom. The molecule has 22 heavy (non-hydrogen) atoms. The second-order valence-electron chi connectivity index (χ2n) is 6.18. The Hall–Kier alpha value is -0.880. The molecule has 124 valence electrons. The van der Waals surface area contributed by atoms with Crippen LogP contribution in [0.15, 0.2) is 18.2 Å². The van der Waals surface area contributed by atoms with Gasteiger partial charge in [-0.1, -0.05) is 11.6 Å². The van der Waals surface area contributed by atoms with Crippen LogP contribution in [0, 0.1) is 5.82 Å². The third kappa shape index (κ3) is 5.09. The molecule has 0 bridgehead atoms. The Balaban J connectivity index is 0.00000242. The Morgan fingerprint density at radius 3 is 2.41 bits per heavy atom. The lowest BCUT2D eigenvalue weighted by Crippen LogP contribution is -2.54. The van der Waals surface area contributed by atoms with Crippen LogP contribution < -0.4 is 5.73 Å². The zero-order chi connectivity index (χ0) is 15.6. The molecule has 0 aromatic heterocycles. The molecule has 4 nitrogen and oxygen atoms in total. The SMILES string of the molecule is CC(C)(N)CN1CCN(C(=O)c2ccc(F)cc2Cl)CC1.Cl. The van der Waals surface area contributed by atoms with Gasteiger partial charge in [-0.2, -0.15) is 0 Å².